The van der Waals surface area contributed by atoms with Crippen LogP contribution in [0.15, 0.2) is 83.9 Å². The van der Waals surface area contributed by atoms with E-state index >= 15 is 4.79 Å². The predicted molar refractivity (Wildman–Crippen MR) is 391 cm³/mol. The number of rotatable bonds is 46. The SMILES string of the molecule is CSCC[C@H](NC(=O)[C@H](CCCCN)NC(=O)CNC(=O)[C@H](Cc1ccccc1)NC(=O)[C@H](CCC(N)=O)NC(=O)[C@H](CCC(N)=O)NC(=O)[C@@H]1CCCN1C(=O)[C@H](CCCCN)NC(=O)C(Cc1ccc(C(=O)c2ccc(O)cc2)cc1)NC(=O)[C@@H]1CCCN1C(=O)[C@@H](N)CCCN=C(N)N)C(N)=O. The van der Waals surface area contributed by atoms with Crippen LogP contribution in [-0.4, -0.2) is 215 Å². The number of aliphatic imine (C=N–C) groups is 1. The normalized spacial score (nSPS) is 16.2. The molecule has 2 saturated heterocycles. The van der Waals surface area contributed by atoms with E-state index < -0.39 is 169 Å². The van der Waals surface area contributed by atoms with E-state index in [0.29, 0.717) is 67.5 Å². The highest BCUT2D eigenvalue weighted by Gasteiger charge is 2.42. The molecular weight excluding hydrogens is 1380 g/mol. The molecule has 35 heteroatoms. The van der Waals surface area contributed by atoms with Gasteiger partial charge in [-0.15, -0.1) is 0 Å². The number of likely N-dealkylation sites (tertiary alicyclic amines) is 2. The smallest absolute Gasteiger partial charge is 0.245 e. The first kappa shape index (κ1) is 85.4. The number of nitrogens with two attached hydrogens (primary N) is 8. The second kappa shape index (κ2) is 44.4. The molecule has 25 N–H and O–H groups in total. The molecule has 2 fully saturated rings. The van der Waals surface area contributed by atoms with Gasteiger partial charge < -0.3 is 103 Å². The minimum atomic E-state index is -1.66. The lowest BCUT2D eigenvalue weighted by Gasteiger charge is -2.31. The molecule has 0 aromatic heterocycles. The van der Waals surface area contributed by atoms with E-state index in [4.69, 9.17) is 45.9 Å². The van der Waals surface area contributed by atoms with Gasteiger partial charge in [0.25, 0.3) is 0 Å². The molecule has 13 amide bonds. The quantitative estimate of drug-likeness (QED) is 0.0112. The number of benzene rings is 3. The Kier molecular flexibility index (Phi) is 36.1. The number of guanidine groups is 1. The average molecular weight is 1480 g/mol. The maximum Gasteiger partial charge on any atom is 0.245 e. The summed E-state index contributed by atoms with van der Waals surface area (Å²) in [6.07, 6.45) is 3.04. The number of phenols is 1. The summed E-state index contributed by atoms with van der Waals surface area (Å²) in [7, 11) is 0. The van der Waals surface area contributed by atoms with Gasteiger partial charge in [0.1, 0.15) is 60.1 Å². The zero-order chi connectivity index (χ0) is 77.1. The van der Waals surface area contributed by atoms with Gasteiger partial charge in [-0.25, -0.2) is 0 Å². The van der Waals surface area contributed by atoms with Crippen molar-refractivity contribution in [2.24, 2.45) is 50.9 Å². The number of ketones is 1. The van der Waals surface area contributed by atoms with Crippen molar-refractivity contribution in [1.29, 1.82) is 0 Å². The summed E-state index contributed by atoms with van der Waals surface area (Å²) >= 11 is 1.43. The fourth-order valence-corrected chi connectivity index (χ4v) is 12.5. The Morgan fingerprint density at radius 3 is 1.49 bits per heavy atom. The number of unbranched alkanes of at least 4 members (excludes halogenated alkanes) is 2. The molecule has 2 heterocycles. The third-order valence-corrected chi connectivity index (χ3v) is 18.4. The number of amides is 13. The second-order valence-corrected chi connectivity index (χ2v) is 26.9. The standard InChI is InChI=1S/C70H103N19O15S/c1-105-37-31-47(60(76)95)82-62(97)48(15-5-7-32-71)81-58(93)40-80-61(96)52(38-41-12-3-2-4-13-41)86-64(99)49(27-29-56(74)91)83-63(98)50(28-30-57(75)92)84-66(101)55-18-11-36-89(55)69(104)51(16-6-8-33-72)85-65(100)53(39-42-19-21-43(22-20-42)59(94)44-23-25-45(90)26-24-44)87-67(102)54-17-10-35-88(54)68(103)46(73)14-9-34-79-70(77)78/h2-4,12-13,19-26,46-55,90H,5-11,14-18,27-40,71-73H2,1H3,(H2,74,91)(H2,75,92)(H2,76,95)(H,80,96)(H,81,93)(H,82,97)(H,83,98)(H,84,101)(H,85,100)(H,86,99)(H,87,102)(H4,77,78,79)/t46-,47-,48-,49-,50-,51-,52-,53?,54-,55-/m0/s1. The number of nitrogens with one attached hydrogen (secondary N) is 8. The van der Waals surface area contributed by atoms with Crippen LogP contribution >= 0.6 is 11.8 Å². The molecular formula is C70H103N19O15S. The largest absolute Gasteiger partial charge is 0.508 e. The zero-order valence-corrected chi connectivity index (χ0v) is 60.0. The maximum absolute atomic E-state index is 15.0. The lowest BCUT2D eigenvalue weighted by molar-refractivity contribution is -0.143. The number of carbonyl (C=O) groups is 14. The number of carbonyl (C=O) groups excluding carboxylic acids is 14. The van der Waals surface area contributed by atoms with E-state index in [1.54, 1.807) is 42.5 Å². The number of primary amides is 3. The van der Waals surface area contributed by atoms with Crippen LogP contribution in [0.4, 0.5) is 0 Å². The van der Waals surface area contributed by atoms with Crippen molar-refractivity contribution in [3.8, 4) is 5.75 Å². The topological polar surface area (TPSA) is 582 Å². The van der Waals surface area contributed by atoms with E-state index in [0.717, 1.165) is 0 Å². The lowest BCUT2D eigenvalue weighted by atomic mass is 9.98. The molecule has 5 rings (SSSR count). The number of hydrogen-bond donors (Lipinski definition) is 17. The Morgan fingerprint density at radius 2 is 0.962 bits per heavy atom. The van der Waals surface area contributed by atoms with Crippen LogP contribution in [-0.2, 0) is 75.2 Å². The number of nitrogens with zero attached hydrogens (tertiary/aromatic N) is 3. The first-order valence-electron chi connectivity index (χ1n) is 35.2. The Labute approximate surface area is 613 Å². The van der Waals surface area contributed by atoms with Gasteiger partial charge in [-0.3, -0.25) is 72.1 Å². The van der Waals surface area contributed by atoms with Crippen molar-refractivity contribution in [3.63, 3.8) is 0 Å². The van der Waals surface area contributed by atoms with Gasteiger partial charge in [-0.2, -0.15) is 11.8 Å². The molecule has 10 atom stereocenters. The molecule has 3 aromatic rings. The summed E-state index contributed by atoms with van der Waals surface area (Å²) in [5.74, 6) is -10.7. The average Bonchev–Trinajstić information content (AvgIpc) is 1.76. The van der Waals surface area contributed by atoms with Crippen LogP contribution in [0, 0.1) is 0 Å². The monoisotopic (exact) mass is 1480 g/mol. The molecule has 2 aliphatic heterocycles. The van der Waals surface area contributed by atoms with Gasteiger partial charge in [0, 0.05) is 56.4 Å². The van der Waals surface area contributed by atoms with E-state index in [-0.39, 0.29) is 107 Å². The third-order valence-electron chi connectivity index (χ3n) is 17.8. The van der Waals surface area contributed by atoms with Crippen LogP contribution in [0.5, 0.6) is 5.75 Å². The molecule has 0 bridgehead atoms. The van der Waals surface area contributed by atoms with Crippen LogP contribution < -0.4 is 88.4 Å². The van der Waals surface area contributed by atoms with Crippen molar-refractivity contribution < 1.29 is 72.2 Å². The molecule has 0 spiro atoms. The highest BCUT2D eigenvalue weighted by molar-refractivity contribution is 7.98. The first-order chi connectivity index (χ1) is 50.1. The molecule has 34 nitrogen and oxygen atoms in total. The number of hydrogen-bond acceptors (Lipinski definition) is 20. The Bertz CT molecular complexity index is 3500. The maximum atomic E-state index is 15.0. The summed E-state index contributed by atoms with van der Waals surface area (Å²) in [5.41, 5.74) is 47.0. The van der Waals surface area contributed by atoms with Gasteiger partial charge in [-0.1, -0.05) is 54.6 Å². The lowest BCUT2D eigenvalue weighted by Crippen LogP contribution is -2.60. The summed E-state index contributed by atoms with van der Waals surface area (Å²) in [5, 5.41) is 30.8. The molecule has 0 radical (unpaired) electrons. The van der Waals surface area contributed by atoms with Crippen LogP contribution in [0.2, 0.25) is 0 Å². The number of thioether (sulfide) groups is 1. The molecule has 1 unspecified atom stereocenters. The van der Waals surface area contributed by atoms with Gasteiger partial charge in [-0.05, 0) is 157 Å². The summed E-state index contributed by atoms with van der Waals surface area (Å²) in [4.78, 5) is 200. The van der Waals surface area contributed by atoms with Crippen molar-refractivity contribution in [1.82, 2.24) is 52.3 Å². The van der Waals surface area contributed by atoms with Crippen LogP contribution in [0.3, 0.4) is 0 Å². The minimum Gasteiger partial charge on any atom is -0.508 e. The van der Waals surface area contributed by atoms with E-state index in [1.807, 2.05) is 6.26 Å². The van der Waals surface area contributed by atoms with Gasteiger partial charge in [0.05, 0.1) is 12.6 Å². The Morgan fingerprint density at radius 1 is 0.505 bits per heavy atom. The van der Waals surface area contributed by atoms with Gasteiger partial charge >= 0.3 is 0 Å². The predicted octanol–water partition coefficient (Wildman–Crippen LogP) is -3.69. The number of aromatic hydroxyl groups is 1. The fourth-order valence-electron chi connectivity index (χ4n) is 12.0. The van der Waals surface area contributed by atoms with Crippen LogP contribution in [0.1, 0.15) is 136 Å². The minimum absolute atomic E-state index is 0.00861. The van der Waals surface area contributed by atoms with Gasteiger partial charge in [0.15, 0.2) is 11.7 Å². The van der Waals surface area contributed by atoms with E-state index in [9.17, 15) is 67.4 Å². The van der Waals surface area contributed by atoms with Crippen molar-refractivity contribution >= 4 is 100 Å². The molecule has 105 heavy (non-hydrogen) atoms. The second-order valence-electron chi connectivity index (χ2n) is 25.9. The van der Waals surface area contributed by atoms with Crippen molar-refractivity contribution in [2.75, 3.05) is 51.3 Å². The molecule has 3 aromatic carbocycles. The van der Waals surface area contributed by atoms with E-state index in [2.05, 4.69) is 47.5 Å². The summed E-state index contributed by atoms with van der Waals surface area (Å²) < 4.78 is 0. The molecule has 574 valence electrons. The van der Waals surface area contributed by atoms with Crippen LogP contribution in [0.25, 0.3) is 0 Å². The Balaban J connectivity index is 1.37. The van der Waals surface area contributed by atoms with Crippen molar-refractivity contribution in [3.05, 3.63) is 101 Å². The number of phenolic OH excluding ortho intramolecular Hbond substituents is 1. The highest BCUT2D eigenvalue weighted by Crippen LogP contribution is 2.24. The summed E-state index contributed by atoms with van der Waals surface area (Å²) in [6.45, 7) is 0.182. The summed E-state index contributed by atoms with van der Waals surface area (Å²) in [6, 6.07) is 7.15. The first-order valence-corrected chi connectivity index (χ1v) is 36.6. The van der Waals surface area contributed by atoms with Gasteiger partial charge in [0.2, 0.25) is 76.8 Å². The molecule has 0 saturated carbocycles. The van der Waals surface area contributed by atoms with E-state index in [1.165, 1.54) is 58.0 Å². The Hall–Kier alpha value is -10.3. The molecule has 0 aliphatic carbocycles. The highest BCUT2D eigenvalue weighted by atomic mass is 32.2. The third kappa shape index (κ3) is 28.7. The fraction of sp³-hybridized carbons (Fsp3) is 0.529. The van der Waals surface area contributed by atoms with Crippen molar-refractivity contribution in [2.45, 2.75) is 182 Å². The zero-order valence-electron chi connectivity index (χ0n) is 59.2. The molecule has 2 aliphatic rings.